The largest absolute Gasteiger partial charge is 0.301 e. The summed E-state index contributed by atoms with van der Waals surface area (Å²) >= 11 is 10.8. The van der Waals surface area contributed by atoms with Crippen molar-refractivity contribution in [3.05, 3.63) is 56.1 Å². The molecule has 1 aliphatic rings. The summed E-state index contributed by atoms with van der Waals surface area (Å²) in [7, 11) is 0. The number of nitrogens with one attached hydrogen (secondary N) is 1. The number of carbonyl (C=O) groups is 2. The molecule has 0 aromatic heterocycles. The fourth-order valence-corrected chi connectivity index (χ4v) is 3.68. The zero-order valence-corrected chi connectivity index (χ0v) is 18.1. The van der Waals surface area contributed by atoms with Crippen LogP contribution < -0.4 is 10.2 Å². The Labute approximate surface area is 178 Å². The maximum absolute atomic E-state index is 12.9. The van der Waals surface area contributed by atoms with E-state index in [9.17, 15) is 9.59 Å². The fraction of sp³-hybridized carbons (Fsp3) is 0.111. The van der Waals surface area contributed by atoms with Crippen LogP contribution >= 0.6 is 50.7 Å². The fourth-order valence-electron chi connectivity index (χ4n) is 2.48. The molecule has 26 heavy (non-hydrogen) atoms. The molecule has 0 aliphatic carbocycles. The van der Waals surface area contributed by atoms with Crippen molar-refractivity contribution in [3.63, 3.8) is 0 Å². The molecule has 1 N–H and O–H groups in total. The van der Waals surface area contributed by atoms with Gasteiger partial charge in [0.25, 0.3) is 5.91 Å². The minimum atomic E-state index is -1.04. The van der Waals surface area contributed by atoms with E-state index in [0.717, 1.165) is 13.6 Å². The van der Waals surface area contributed by atoms with Gasteiger partial charge in [0, 0.05) is 14.3 Å². The lowest BCUT2D eigenvalue weighted by Crippen LogP contribution is -2.58. The van der Waals surface area contributed by atoms with Crippen LogP contribution in [-0.2, 0) is 9.59 Å². The van der Waals surface area contributed by atoms with Crippen LogP contribution in [0, 0.1) is 16.4 Å². The Hall–Kier alpha value is -1.65. The number of hydrogen-bond acceptors (Lipinski definition) is 4. The maximum Gasteiger partial charge on any atom is 0.251 e. The smallest absolute Gasteiger partial charge is 0.251 e. The van der Waals surface area contributed by atoms with Crippen molar-refractivity contribution >= 4 is 85.3 Å². The molecule has 1 aliphatic heterocycles. The second-order valence-corrected chi connectivity index (χ2v) is 8.18. The van der Waals surface area contributed by atoms with E-state index in [1.54, 1.807) is 24.3 Å². The van der Waals surface area contributed by atoms with Crippen molar-refractivity contribution in [2.45, 2.75) is 6.92 Å². The van der Waals surface area contributed by atoms with Gasteiger partial charge in [0.15, 0.2) is 11.0 Å². The number of amides is 2. The maximum atomic E-state index is 12.9. The van der Waals surface area contributed by atoms with E-state index in [-0.39, 0.29) is 5.11 Å². The van der Waals surface area contributed by atoms with Crippen LogP contribution in [0.3, 0.4) is 0 Å². The molecule has 0 spiro atoms. The number of aryl methyl sites for hydroxylation is 1. The molecule has 2 aromatic rings. The summed E-state index contributed by atoms with van der Waals surface area (Å²) in [6, 6.07) is 12.9. The highest BCUT2D eigenvalue weighted by Crippen LogP contribution is 2.24. The highest BCUT2D eigenvalue weighted by Gasteiger charge is 2.38. The van der Waals surface area contributed by atoms with E-state index in [0.29, 0.717) is 11.4 Å². The van der Waals surface area contributed by atoms with Crippen LogP contribution in [0.4, 0.5) is 11.4 Å². The van der Waals surface area contributed by atoms with Crippen LogP contribution in [0.15, 0.2) is 51.9 Å². The quantitative estimate of drug-likeness (QED) is 0.275. The lowest BCUT2D eigenvalue weighted by molar-refractivity contribution is -0.130. The molecule has 2 amide bonds. The minimum Gasteiger partial charge on any atom is -0.301 e. The highest BCUT2D eigenvalue weighted by molar-refractivity contribution is 14.1. The lowest BCUT2D eigenvalue weighted by Gasteiger charge is -2.30. The molecular weight excluding hydrogens is 529 g/mol. The second kappa shape index (κ2) is 7.93. The Balaban J connectivity index is 1.90. The third-order valence-corrected chi connectivity index (χ3v) is 5.29. The third-order valence-electron chi connectivity index (χ3n) is 3.81. The van der Waals surface area contributed by atoms with Gasteiger partial charge in [-0.2, -0.15) is 0 Å². The van der Waals surface area contributed by atoms with Gasteiger partial charge >= 0.3 is 0 Å². The van der Waals surface area contributed by atoms with Crippen LogP contribution in [0.25, 0.3) is 0 Å². The average molecular weight is 542 g/mol. The van der Waals surface area contributed by atoms with E-state index in [1.165, 1.54) is 11.1 Å². The number of carbonyl (C=O) groups excluding carboxylic acids is 2. The summed E-state index contributed by atoms with van der Waals surface area (Å²) in [5.74, 6) is -1.93. The molecule has 8 heteroatoms. The zero-order valence-electron chi connectivity index (χ0n) is 13.6. The van der Waals surface area contributed by atoms with Crippen LogP contribution in [0.1, 0.15) is 5.56 Å². The number of benzene rings is 2. The van der Waals surface area contributed by atoms with Gasteiger partial charge < -0.3 is 5.32 Å². The molecule has 3 rings (SSSR count). The number of hydrogen-bond donors (Lipinski definition) is 1. The molecule has 0 radical (unpaired) electrons. The number of thiocarbonyl (C=S) groups is 1. The van der Waals surface area contributed by atoms with Crippen molar-refractivity contribution in [2.24, 2.45) is 10.9 Å². The Morgan fingerprint density at radius 1 is 1.23 bits per heavy atom. The number of halogens is 2. The normalized spacial score (nSPS) is 17.7. The number of nitrogens with zero attached hydrogens (tertiary/aromatic N) is 2. The SMILES string of the molecule is Cc1cc(I)ccc1N=C[C@H]1C(=O)NC(=S)N(c2ccc(Br)cc2)C1=O. The van der Waals surface area contributed by atoms with Crippen molar-refractivity contribution in [1.82, 2.24) is 5.32 Å². The standard InChI is InChI=1S/C18H13BrIN3O2S/c1-10-8-12(20)4-7-15(10)21-9-14-16(24)22-18(26)23(17(14)25)13-5-2-11(19)3-6-13/h2-9,14H,1H3,(H,22,24,26)/t14-/m0/s1. The Kier molecular flexibility index (Phi) is 5.83. The zero-order chi connectivity index (χ0) is 18.8. The number of rotatable bonds is 3. The van der Waals surface area contributed by atoms with Crippen molar-refractivity contribution < 1.29 is 9.59 Å². The lowest BCUT2D eigenvalue weighted by atomic mass is 10.1. The predicted octanol–water partition coefficient (Wildman–Crippen LogP) is 4.13. The molecule has 1 atom stereocenters. The first-order valence-corrected chi connectivity index (χ1v) is 9.89. The van der Waals surface area contributed by atoms with Gasteiger partial charge in [0.05, 0.1) is 11.4 Å². The molecule has 5 nitrogen and oxygen atoms in total. The summed E-state index contributed by atoms with van der Waals surface area (Å²) in [5, 5.41) is 2.64. The molecule has 1 fully saturated rings. The number of aliphatic imine (C=N–C) groups is 1. The van der Waals surface area contributed by atoms with Gasteiger partial charge in [0.1, 0.15) is 0 Å². The molecule has 1 saturated heterocycles. The van der Waals surface area contributed by atoms with E-state index in [2.05, 4.69) is 48.8 Å². The summed E-state index contributed by atoms with van der Waals surface area (Å²) < 4.78 is 1.98. The molecule has 1 heterocycles. The summed E-state index contributed by atoms with van der Waals surface area (Å²) in [6.45, 7) is 1.93. The van der Waals surface area contributed by atoms with Crippen molar-refractivity contribution in [2.75, 3.05) is 4.90 Å². The van der Waals surface area contributed by atoms with Crippen LogP contribution in [0.2, 0.25) is 0 Å². The van der Waals surface area contributed by atoms with Gasteiger partial charge in [-0.25, -0.2) is 0 Å². The van der Waals surface area contributed by atoms with Gasteiger partial charge in [-0.15, -0.1) is 0 Å². The molecule has 2 aromatic carbocycles. The summed E-state index contributed by atoms with van der Waals surface area (Å²) in [6.07, 6.45) is 1.38. The van der Waals surface area contributed by atoms with Crippen molar-refractivity contribution in [3.8, 4) is 0 Å². The third kappa shape index (κ3) is 4.02. The first-order chi connectivity index (χ1) is 12.4. The van der Waals surface area contributed by atoms with E-state index in [1.807, 2.05) is 25.1 Å². The van der Waals surface area contributed by atoms with Gasteiger partial charge in [-0.3, -0.25) is 19.5 Å². The van der Waals surface area contributed by atoms with E-state index in [4.69, 9.17) is 12.2 Å². The highest BCUT2D eigenvalue weighted by atomic mass is 127. The van der Waals surface area contributed by atoms with Gasteiger partial charge in [-0.05, 0) is 89.8 Å². The molecular formula is C18H13BrIN3O2S. The Morgan fingerprint density at radius 3 is 2.58 bits per heavy atom. The first kappa shape index (κ1) is 19.1. The Bertz CT molecular complexity index is 931. The van der Waals surface area contributed by atoms with Crippen LogP contribution in [0.5, 0.6) is 0 Å². The number of anilines is 1. The molecule has 132 valence electrons. The molecule has 0 bridgehead atoms. The molecule has 0 saturated carbocycles. The molecule has 0 unspecified atom stereocenters. The first-order valence-electron chi connectivity index (χ1n) is 7.61. The Morgan fingerprint density at radius 2 is 1.92 bits per heavy atom. The van der Waals surface area contributed by atoms with Crippen molar-refractivity contribution in [1.29, 1.82) is 0 Å². The predicted molar refractivity (Wildman–Crippen MR) is 118 cm³/mol. The average Bonchev–Trinajstić information content (AvgIpc) is 2.57. The summed E-state index contributed by atoms with van der Waals surface area (Å²) in [5.41, 5.74) is 2.28. The monoisotopic (exact) mass is 541 g/mol. The van der Waals surface area contributed by atoms with Crippen LogP contribution in [-0.4, -0.2) is 23.1 Å². The van der Waals surface area contributed by atoms with E-state index < -0.39 is 17.7 Å². The minimum absolute atomic E-state index is 0.0671. The van der Waals surface area contributed by atoms with Gasteiger partial charge in [-0.1, -0.05) is 15.9 Å². The summed E-state index contributed by atoms with van der Waals surface area (Å²) in [4.78, 5) is 30.8. The van der Waals surface area contributed by atoms with E-state index >= 15 is 0 Å². The van der Waals surface area contributed by atoms with Gasteiger partial charge in [0.2, 0.25) is 5.91 Å². The second-order valence-electron chi connectivity index (χ2n) is 5.63. The topological polar surface area (TPSA) is 61.8 Å².